The number of imidazole rings is 1. The number of nitrogens with one attached hydrogen (secondary N) is 2. The largest absolute Gasteiger partial charge is 0.397 e. The number of nitrogen functional groups attached to an aromatic ring is 1. The number of hydrogen-bond donors (Lipinski definition) is 3. The number of nitrogens with two attached hydrogens (primary N) is 1. The molecule has 6 aromatic heterocycles. The first-order chi connectivity index (χ1) is 15.6. The molecule has 4 N–H and O–H groups in total. The summed E-state index contributed by atoms with van der Waals surface area (Å²) in [7, 11) is 0. The summed E-state index contributed by atoms with van der Waals surface area (Å²) < 4.78 is 29.1. The van der Waals surface area contributed by atoms with Gasteiger partial charge in [0.1, 0.15) is 22.6 Å². The van der Waals surface area contributed by atoms with Crippen molar-refractivity contribution in [2.24, 2.45) is 0 Å². The minimum Gasteiger partial charge on any atom is -0.397 e. The number of H-pyrrole nitrogens is 2. The van der Waals surface area contributed by atoms with Crippen LogP contribution in [0.5, 0.6) is 0 Å². The number of anilines is 1. The summed E-state index contributed by atoms with van der Waals surface area (Å²) in [5.41, 5.74) is 9.19. The van der Waals surface area contributed by atoms with Gasteiger partial charge in [-0.1, -0.05) is 0 Å². The number of hydrogen-bond acceptors (Lipinski definition) is 7. The van der Waals surface area contributed by atoms with Crippen molar-refractivity contribution in [2.75, 3.05) is 5.73 Å². The van der Waals surface area contributed by atoms with Crippen LogP contribution in [-0.2, 0) is 0 Å². The predicted molar refractivity (Wildman–Crippen MR) is 118 cm³/mol. The topological polar surface area (TPSA) is 122 Å². The average Bonchev–Trinajstić information content (AvgIpc) is 3.51. The molecule has 0 fully saturated rings. The van der Waals surface area contributed by atoms with Gasteiger partial charge in [0, 0.05) is 24.2 Å². The lowest BCUT2D eigenvalue weighted by molar-refractivity contribution is 0.638. The maximum Gasteiger partial charge on any atom is 0.177 e. The van der Waals surface area contributed by atoms with E-state index < -0.39 is 5.82 Å². The van der Waals surface area contributed by atoms with Gasteiger partial charge in [0.05, 0.1) is 33.2 Å². The van der Waals surface area contributed by atoms with E-state index in [0.717, 1.165) is 11.3 Å². The van der Waals surface area contributed by atoms with E-state index in [0.29, 0.717) is 44.2 Å². The number of halogens is 2. The van der Waals surface area contributed by atoms with Crippen molar-refractivity contribution in [1.82, 2.24) is 35.1 Å². The summed E-state index contributed by atoms with van der Waals surface area (Å²) in [6.07, 6.45) is 6.07. The molecule has 0 spiro atoms. The van der Waals surface area contributed by atoms with Crippen molar-refractivity contribution in [1.29, 1.82) is 0 Å². The van der Waals surface area contributed by atoms with E-state index in [1.54, 1.807) is 24.4 Å². The summed E-state index contributed by atoms with van der Waals surface area (Å²) in [6, 6.07) is 6.38. The van der Waals surface area contributed by atoms with Gasteiger partial charge in [-0.05, 0) is 24.3 Å². The van der Waals surface area contributed by atoms with Gasteiger partial charge < -0.3 is 10.7 Å². The fourth-order valence-electron chi connectivity index (χ4n) is 3.60. The molecule has 8 nitrogen and oxygen atoms in total. The van der Waals surface area contributed by atoms with E-state index in [1.165, 1.54) is 24.7 Å². The molecule has 0 saturated carbocycles. The molecule has 32 heavy (non-hydrogen) atoms. The summed E-state index contributed by atoms with van der Waals surface area (Å²) in [4.78, 5) is 21.0. The van der Waals surface area contributed by atoms with E-state index in [-0.39, 0.29) is 21.9 Å². The second-order valence-corrected chi connectivity index (χ2v) is 8.07. The van der Waals surface area contributed by atoms with Crippen molar-refractivity contribution < 1.29 is 8.78 Å². The van der Waals surface area contributed by atoms with Crippen LogP contribution < -0.4 is 5.73 Å². The molecule has 6 aromatic rings. The van der Waals surface area contributed by atoms with Crippen LogP contribution in [0.3, 0.4) is 0 Å². The SMILES string of the molecule is Nc1cncc(-c2ncc3[nH]nc(-c4nc5c(-c6ccc(F)s6)nccc5[nH]4)c3c2F)c1. The Kier molecular flexibility index (Phi) is 3.98. The first-order valence-electron chi connectivity index (χ1n) is 9.43. The molecule has 0 saturated heterocycles. The number of fused-ring (bicyclic) bond motifs is 2. The molecular formula is C21H12F2N8S. The Morgan fingerprint density at radius 1 is 0.938 bits per heavy atom. The Hall–Kier alpha value is -4.25. The molecule has 6 heterocycles. The number of nitrogens with zero attached hydrogens (tertiary/aromatic N) is 5. The molecule has 11 heteroatoms. The highest BCUT2D eigenvalue weighted by atomic mass is 32.1. The Morgan fingerprint density at radius 2 is 1.84 bits per heavy atom. The zero-order valence-corrected chi connectivity index (χ0v) is 16.9. The van der Waals surface area contributed by atoms with Crippen LogP contribution in [0.25, 0.3) is 55.3 Å². The van der Waals surface area contributed by atoms with Crippen LogP contribution in [0.2, 0.25) is 0 Å². The van der Waals surface area contributed by atoms with E-state index in [4.69, 9.17) is 5.73 Å². The molecule has 6 rings (SSSR count). The molecule has 0 bridgehead atoms. The van der Waals surface area contributed by atoms with E-state index in [9.17, 15) is 4.39 Å². The molecule has 156 valence electrons. The number of thiophene rings is 1. The third kappa shape index (κ3) is 2.82. The molecular weight excluding hydrogens is 434 g/mol. The van der Waals surface area contributed by atoms with Gasteiger partial charge >= 0.3 is 0 Å². The van der Waals surface area contributed by atoms with Crippen LogP contribution in [0, 0.1) is 10.9 Å². The molecule has 0 unspecified atom stereocenters. The van der Waals surface area contributed by atoms with Gasteiger partial charge in [-0.25, -0.2) is 9.37 Å². The van der Waals surface area contributed by atoms with Gasteiger partial charge in [0.25, 0.3) is 0 Å². The first kappa shape index (κ1) is 18.5. The summed E-state index contributed by atoms with van der Waals surface area (Å²) >= 11 is 0.979. The number of rotatable bonds is 3. The maximum atomic E-state index is 15.6. The van der Waals surface area contributed by atoms with Crippen molar-refractivity contribution in [3.63, 3.8) is 0 Å². The lowest BCUT2D eigenvalue weighted by Gasteiger charge is -2.04. The zero-order chi connectivity index (χ0) is 21.8. The van der Waals surface area contributed by atoms with Crippen LogP contribution >= 0.6 is 11.3 Å². The molecule has 0 aliphatic carbocycles. The van der Waals surface area contributed by atoms with Crippen molar-refractivity contribution >= 4 is 39.0 Å². The highest BCUT2D eigenvalue weighted by Crippen LogP contribution is 2.35. The fraction of sp³-hybridized carbons (Fsp3) is 0. The van der Waals surface area contributed by atoms with E-state index >= 15 is 4.39 Å². The minimum absolute atomic E-state index is 0.104. The first-order valence-corrected chi connectivity index (χ1v) is 10.2. The highest BCUT2D eigenvalue weighted by molar-refractivity contribution is 7.13. The van der Waals surface area contributed by atoms with Gasteiger partial charge in [-0.3, -0.25) is 20.1 Å². The van der Waals surface area contributed by atoms with Crippen LogP contribution in [-0.4, -0.2) is 35.1 Å². The van der Waals surface area contributed by atoms with Gasteiger partial charge in [-0.2, -0.15) is 9.49 Å². The molecule has 0 amide bonds. The Bertz CT molecular complexity index is 1630. The standard InChI is InChI=1S/C21H12F2N8S/c22-14-2-1-13(32-14)19-18-11(3-4-26-19)28-21(29-18)20-15-12(30-31-20)8-27-17(16(15)23)9-5-10(24)7-25-6-9/h1-8H,24H2,(H,28,29)(H,30,31). The van der Waals surface area contributed by atoms with Gasteiger partial charge in [0.2, 0.25) is 0 Å². The summed E-state index contributed by atoms with van der Waals surface area (Å²) in [5.74, 6) is -0.225. The third-order valence-electron chi connectivity index (χ3n) is 5.01. The second-order valence-electron chi connectivity index (χ2n) is 7.03. The lowest BCUT2D eigenvalue weighted by atomic mass is 10.1. The quantitative estimate of drug-likeness (QED) is 0.367. The van der Waals surface area contributed by atoms with Crippen molar-refractivity contribution in [3.8, 4) is 33.3 Å². The van der Waals surface area contributed by atoms with Crippen LogP contribution in [0.4, 0.5) is 14.5 Å². The Morgan fingerprint density at radius 3 is 2.66 bits per heavy atom. The zero-order valence-electron chi connectivity index (χ0n) is 16.1. The smallest absolute Gasteiger partial charge is 0.177 e. The van der Waals surface area contributed by atoms with Crippen molar-refractivity contribution in [2.45, 2.75) is 0 Å². The van der Waals surface area contributed by atoms with E-state index in [1.807, 2.05) is 0 Å². The molecule has 0 aromatic carbocycles. The predicted octanol–water partition coefficient (Wildman–Crippen LogP) is 4.55. The molecule has 0 aliphatic rings. The van der Waals surface area contributed by atoms with E-state index in [2.05, 4.69) is 35.1 Å². The monoisotopic (exact) mass is 446 g/mol. The average molecular weight is 446 g/mol. The normalized spacial score (nSPS) is 11.6. The molecule has 0 radical (unpaired) electrons. The number of aromatic nitrogens is 7. The Balaban J connectivity index is 1.55. The fourth-order valence-corrected chi connectivity index (χ4v) is 4.33. The molecule has 0 atom stereocenters. The maximum absolute atomic E-state index is 15.6. The van der Waals surface area contributed by atoms with Crippen molar-refractivity contribution in [3.05, 3.63) is 60.0 Å². The van der Waals surface area contributed by atoms with Crippen LogP contribution in [0.15, 0.2) is 49.1 Å². The summed E-state index contributed by atoms with van der Waals surface area (Å²) in [6.45, 7) is 0. The second kappa shape index (κ2) is 6.89. The lowest BCUT2D eigenvalue weighted by Crippen LogP contribution is -1.94. The molecule has 0 aliphatic heterocycles. The van der Waals surface area contributed by atoms with Gasteiger partial charge in [-0.15, -0.1) is 11.3 Å². The number of pyridine rings is 3. The van der Waals surface area contributed by atoms with Gasteiger partial charge in [0.15, 0.2) is 16.8 Å². The van der Waals surface area contributed by atoms with Crippen LogP contribution in [0.1, 0.15) is 0 Å². The third-order valence-corrected chi connectivity index (χ3v) is 5.89. The highest BCUT2D eigenvalue weighted by Gasteiger charge is 2.21. The summed E-state index contributed by atoms with van der Waals surface area (Å²) in [5, 5.41) is 6.98. The number of aromatic amines is 2. The Labute approximate surface area is 182 Å². The minimum atomic E-state index is -0.571.